The Morgan fingerprint density at radius 1 is 0.794 bits per heavy atom. The third-order valence-corrected chi connectivity index (χ3v) is 11.6. The van der Waals surface area contributed by atoms with Gasteiger partial charge in [-0.3, -0.25) is 19.6 Å². The maximum atomic E-state index is 13.8. The molecule has 0 saturated carbocycles. The molecule has 1 aliphatic rings. The molecule has 1 fully saturated rings. The fourth-order valence-electron chi connectivity index (χ4n) is 8.20. The molecule has 0 spiro atoms. The summed E-state index contributed by atoms with van der Waals surface area (Å²) in [6.07, 6.45) is 12.5. The molecule has 0 aliphatic carbocycles. The first kappa shape index (κ1) is 41.2. The van der Waals surface area contributed by atoms with Crippen LogP contribution in [-0.4, -0.2) is 121 Å². The number of hydrogen-bond acceptors (Lipinski definition) is 12. The van der Waals surface area contributed by atoms with Gasteiger partial charge in [0.25, 0.3) is 11.8 Å². The zero-order chi connectivity index (χ0) is 43.8. The summed E-state index contributed by atoms with van der Waals surface area (Å²) in [7, 11) is 6.19. The van der Waals surface area contributed by atoms with Gasteiger partial charge in [0, 0.05) is 73.3 Å². The van der Waals surface area contributed by atoms with Crippen molar-refractivity contribution in [2.24, 2.45) is 0 Å². The first-order valence-electron chi connectivity index (χ1n) is 21.1. The van der Waals surface area contributed by atoms with Crippen molar-refractivity contribution in [1.29, 1.82) is 0 Å². The van der Waals surface area contributed by atoms with Crippen molar-refractivity contribution in [3.05, 3.63) is 109 Å². The van der Waals surface area contributed by atoms with E-state index in [-0.39, 0.29) is 29.6 Å². The van der Waals surface area contributed by atoms with E-state index in [1.165, 1.54) is 0 Å². The molecule has 18 nitrogen and oxygen atoms in total. The molecule has 322 valence electrons. The number of nitrogens with zero attached hydrogens (tertiary/aromatic N) is 14. The van der Waals surface area contributed by atoms with Crippen LogP contribution in [0.15, 0.2) is 92.0 Å². The highest BCUT2D eigenvalue weighted by Crippen LogP contribution is 2.29. The van der Waals surface area contributed by atoms with Crippen molar-refractivity contribution in [1.82, 2.24) is 68.4 Å². The summed E-state index contributed by atoms with van der Waals surface area (Å²) in [4.78, 5) is 50.4. The summed E-state index contributed by atoms with van der Waals surface area (Å²) in [6.45, 7) is 9.78. The summed E-state index contributed by atoms with van der Waals surface area (Å²) in [5, 5.41) is 25.2. The number of carbonyl (C=O) groups is 2. The van der Waals surface area contributed by atoms with Gasteiger partial charge < -0.3 is 38.7 Å². The smallest absolute Gasteiger partial charge is 0.275 e. The Balaban J connectivity index is 0.953. The Hall–Kier alpha value is -7.18. The van der Waals surface area contributed by atoms with Crippen LogP contribution in [0.1, 0.15) is 71.9 Å². The highest BCUT2D eigenvalue weighted by atomic mass is 16.2. The first-order valence-corrected chi connectivity index (χ1v) is 21.1. The molecule has 1 saturated heterocycles. The van der Waals surface area contributed by atoms with Crippen molar-refractivity contribution in [3.8, 4) is 23.0 Å². The van der Waals surface area contributed by atoms with Crippen LogP contribution < -0.4 is 10.6 Å². The minimum Gasteiger partial charge on any atom is -0.346 e. The molecule has 2 unspecified atom stereocenters. The van der Waals surface area contributed by atoms with E-state index in [2.05, 4.69) is 80.1 Å². The van der Waals surface area contributed by atoms with Crippen LogP contribution in [0, 0.1) is 0 Å². The lowest BCUT2D eigenvalue weighted by molar-refractivity contribution is 0.101. The van der Waals surface area contributed by atoms with E-state index >= 15 is 0 Å². The average molecular weight is 847 g/mol. The van der Waals surface area contributed by atoms with Crippen molar-refractivity contribution >= 4 is 45.3 Å². The molecule has 63 heavy (non-hydrogen) atoms. The van der Waals surface area contributed by atoms with Gasteiger partial charge in [-0.05, 0) is 115 Å². The maximum Gasteiger partial charge on any atom is 0.275 e. The van der Waals surface area contributed by atoms with Crippen molar-refractivity contribution in [3.63, 3.8) is 0 Å². The second-order valence-corrected chi connectivity index (χ2v) is 16.8. The molecular formula is C45H50N16O2. The number of rotatable bonds is 14. The normalized spacial score (nSPS) is 15.0. The highest BCUT2D eigenvalue weighted by Gasteiger charge is 2.24. The zero-order valence-corrected chi connectivity index (χ0v) is 36.2. The van der Waals surface area contributed by atoms with Gasteiger partial charge in [-0.15, -0.1) is 20.4 Å². The molecule has 9 rings (SSSR count). The number of nitrogens with one attached hydrogen (secondary N) is 2. The molecule has 0 radical (unpaired) electrons. The second-order valence-electron chi connectivity index (χ2n) is 16.8. The first-order chi connectivity index (χ1) is 30.5. The minimum atomic E-state index is -0.381. The number of hydrogen-bond donors (Lipinski definition) is 2. The van der Waals surface area contributed by atoms with Crippen LogP contribution in [0.5, 0.6) is 0 Å². The van der Waals surface area contributed by atoms with Crippen LogP contribution in [-0.2, 0) is 13.0 Å². The minimum absolute atomic E-state index is 0.0705. The highest BCUT2D eigenvalue weighted by molar-refractivity contribution is 6.05. The predicted octanol–water partition coefficient (Wildman–Crippen LogP) is 6.02. The summed E-state index contributed by atoms with van der Waals surface area (Å²) in [5.74, 6) is 1.07. The topological polar surface area (TPSA) is 188 Å². The Labute approximate surface area is 364 Å². The fraction of sp³-hybridized carbons (Fsp3) is 0.333. The Bertz CT molecular complexity index is 2940. The summed E-state index contributed by atoms with van der Waals surface area (Å²) >= 11 is 0. The van der Waals surface area contributed by atoms with Crippen molar-refractivity contribution < 1.29 is 9.59 Å². The molecule has 8 aromatic heterocycles. The lowest BCUT2D eigenvalue weighted by atomic mass is 10.1. The molecule has 2 N–H and O–H groups in total. The third-order valence-electron chi connectivity index (χ3n) is 11.6. The van der Waals surface area contributed by atoms with E-state index in [0.29, 0.717) is 52.8 Å². The van der Waals surface area contributed by atoms with Gasteiger partial charge in [0.1, 0.15) is 47.1 Å². The van der Waals surface area contributed by atoms with Crippen LogP contribution in [0.3, 0.4) is 0 Å². The summed E-state index contributed by atoms with van der Waals surface area (Å²) in [6, 6.07) is 17.2. The van der Waals surface area contributed by atoms with Crippen molar-refractivity contribution in [2.75, 3.05) is 51.4 Å². The van der Waals surface area contributed by atoms with Crippen molar-refractivity contribution in [2.45, 2.75) is 58.3 Å². The quantitative estimate of drug-likeness (QED) is 0.130. The number of fused-ring (bicyclic) bond motifs is 2. The molecule has 9 heterocycles. The number of amides is 2. The van der Waals surface area contributed by atoms with Crippen LogP contribution in [0.4, 0.5) is 11.6 Å². The fourth-order valence-corrected chi connectivity index (χ4v) is 8.20. The van der Waals surface area contributed by atoms with Gasteiger partial charge >= 0.3 is 0 Å². The molecule has 18 heteroatoms. The molecule has 8 aromatic rings. The second kappa shape index (κ2) is 17.3. The molecular weight excluding hydrogens is 797 g/mol. The van der Waals surface area contributed by atoms with E-state index < -0.39 is 0 Å². The van der Waals surface area contributed by atoms with E-state index in [9.17, 15) is 9.59 Å². The Morgan fingerprint density at radius 3 is 2.17 bits per heavy atom. The van der Waals surface area contributed by atoms with Crippen LogP contribution in [0.25, 0.3) is 44.8 Å². The van der Waals surface area contributed by atoms with Gasteiger partial charge in [0.15, 0.2) is 11.6 Å². The molecule has 0 bridgehead atoms. The number of pyridine rings is 4. The van der Waals surface area contributed by atoms with Gasteiger partial charge in [-0.25, -0.2) is 9.97 Å². The third kappa shape index (κ3) is 8.67. The van der Waals surface area contributed by atoms with Crippen LogP contribution in [0.2, 0.25) is 0 Å². The monoisotopic (exact) mass is 846 g/mol. The number of likely N-dealkylation sites (tertiary alicyclic amines) is 1. The molecule has 2 atom stereocenters. The standard InChI is InChI=1S/C45H50N16O2/c1-28(2)60-26-48-55-43(60)35-19-30(20-41(51-35)53-45(63)36-21-38-31(23-46-36)10-14-58(38)17-16-56(4)5)18-29(3)61-27-49-54-42(61)34-8-7-9-40(50-34)52-44(62)37-22-39-32(24-47-37)11-15-59(39)33-12-13-57(6)25-33/h7-11,14-15,19-24,26-29,33H,12-13,16-18,25H2,1-6H3,(H,50,52,62)(H,51,53,63). The van der Waals surface area contributed by atoms with Crippen LogP contribution >= 0.6 is 0 Å². The van der Waals surface area contributed by atoms with E-state index in [1.807, 2.05) is 91.8 Å². The van der Waals surface area contributed by atoms with Gasteiger partial charge in [0.2, 0.25) is 0 Å². The lowest BCUT2D eigenvalue weighted by Gasteiger charge is -2.17. The number of anilines is 2. The summed E-state index contributed by atoms with van der Waals surface area (Å²) in [5.41, 5.74) is 4.47. The average Bonchev–Trinajstić information content (AvgIpc) is 4.13. The SMILES string of the molecule is CC(C)n1cnnc1-c1cc(CC(C)n2cnnc2-c2cccc(NC(=O)c3cc4c(ccn4C4CCN(C)C4)cn3)n2)cc(NC(=O)c2cc3c(ccn3CCN(C)C)cn2)n1. The van der Waals surface area contributed by atoms with E-state index in [1.54, 1.807) is 31.1 Å². The Kier molecular flexibility index (Phi) is 11.3. The van der Waals surface area contributed by atoms with Gasteiger partial charge in [0.05, 0.1) is 11.0 Å². The number of likely N-dealkylation sites (N-methyl/N-ethyl adjacent to an activating group) is 2. The number of carbonyl (C=O) groups excluding carboxylic acids is 2. The lowest BCUT2D eigenvalue weighted by Crippen LogP contribution is -2.18. The van der Waals surface area contributed by atoms with E-state index in [0.717, 1.165) is 60.0 Å². The zero-order valence-electron chi connectivity index (χ0n) is 36.2. The largest absolute Gasteiger partial charge is 0.346 e. The molecule has 2 amide bonds. The number of aromatic nitrogens is 12. The Morgan fingerprint density at radius 2 is 1.46 bits per heavy atom. The van der Waals surface area contributed by atoms with Gasteiger partial charge in [-0.1, -0.05) is 6.07 Å². The molecule has 0 aromatic carbocycles. The van der Waals surface area contributed by atoms with Gasteiger partial charge in [-0.2, -0.15) is 0 Å². The maximum absolute atomic E-state index is 13.8. The molecule has 1 aliphatic heterocycles. The predicted molar refractivity (Wildman–Crippen MR) is 240 cm³/mol. The van der Waals surface area contributed by atoms with E-state index in [4.69, 9.17) is 9.97 Å². The summed E-state index contributed by atoms with van der Waals surface area (Å²) < 4.78 is 8.25.